The van der Waals surface area contributed by atoms with Crippen molar-refractivity contribution in [1.82, 2.24) is 14.1 Å². The van der Waals surface area contributed by atoms with Crippen molar-refractivity contribution in [3.63, 3.8) is 0 Å². The Hall–Kier alpha value is -3.61. The summed E-state index contributed by atoms with van der Waals surface area (Å²) in [5.74, 6) is -1.18. The maximum atomic E-state index is 13.6. The summed E-state index contributed by atoms with van der Waals surface area (Å²) in [7, 11) is 0. The quantitative estimate of drug-likeness (QED) is 0.494. The summed E-state index contributed by atoms with van der Waals surface area (Å²) in [5, 5.41) is 11.1. The molecule has 0 bridgehead atoms. The Kier molecular flexibility index (Phi) is 5.27. The number of benzene rings is 2. The van der Waals surface area contributed by atoms with Crippen LogP contribution in [0.2, 0.25) is 0 Å². The number of aryl methyl sites for hydroxylation is 1. The van der Waals surface area contributed by atoms with Crippen molar-refractivity contribution in [3.8, 4) is 0 Å². The molecule has 2 aromatic heterocycles. The number of aliphatic carboxylic acids is 1. The minimum atomic E-state index is -1.21. The highest BCUT2D eigenvalue weighted by molar-refractivity contribution is 5.87. The molecule has 7 nitrogen and oxygen atoms in total. The lowest BCUT2D eigenvalue weighted by atomic mass is 10.0. The lowest BCUT2D eigenvalue weighted by Crippen LogP contribution is -2.45. The molecule has 31 heavy (non-hydrogen) atoms. The normalized spacial score (nSPS) is 13.5. The molecule has 4 rings (SSSR count). The predicted molar refractivity (Wildman–Crippen MR) is 121 cm³/mol. The van der Waals surface area contributed by atoms with Crippen LogP contribution in [-0.4, -0.2) is 25.2 Å². The van der Waals surface area contributed by atoms with Gasteiger partial charge in [0.05, 0.1) is 16.9 Å². The third-order valence-corrected chi connectivity index (χ3v) is 5.97. The molecule has 2 aromatic carbocycles. The van der Waals surface area contributed by atoms with Crippen molar-refractivity contribution in [3.05, 3.63) is 80.6 Å². The molecule has 0 fully saturated rings. The first-order chi connectivity index (χ1) is 14.9. The second kappa shape index (κ2) is 7.91. The van der Waals surface area contributed by atoms with E-state index in [0.29, 0.717) is 17.3 Å². The lowest BCUT2D eigenvalue weighted by Gasteiger charge is -2.22. The van der Waals surface area contributed by atoms with Crippen LogP contribution >= 0.6 is 0 Å². The first-order valence-corrected chi connectivity index (χ1v) is 10.4. The number of fused-ring (bicyclic) bond motifs is 2. The van der Waals surface area contributed by atoms with Crippen LogP contribution in [-0.2, 0) is 4.79 Å². The number of carboxylic acid groups (broad SMARTS) is 1. The fourth-order valence-electron chi connectivity index (χ4n) is 4.45. The third kappa shape index (κ3) is 3.26. The Morgan fingerprint density at radius 2 is 1.84 bits per heavy atom. The van der Waals surface area contributed by atoms with E-state index in [1.807, 2.05) is 45.2 Å². The zero-order valence-corrected chi connectivity index (χ0v) is 17.8. The van der Waals surface area contributed by atoms with Gasteiger partial charge in [0.1, 0.15) is 6.04 Å². The number of carboxylic acids is 1. The van der Waals surface area contributed by atoms with E-state index in [-0.39, 0.29) is 6.42 Å². The summed E-state index contributed by atoms with van der Waals surface area (Å²) < 4.78 is 2.45. The van der Waals surface area contributed by atoms with E-state index in [9.17, 15) is 19.5 Å². The number of para-hydroxylation sites is 1. The Bertz CT molecular complexity index is 1410. The molecule has 0 saturated carbocycles. The molecule has 2 heterocycles. The third-order valence-electron chi connectivity index (χ3n) is 5.97. The van der Waals surface area contributed by atoms with Crippen molar-refractivity contribution in [1.29, 1.82) is 0 Å². The minimum absolute atomic E-state index is 0.198. The van der Waals surface area contributed by atoms with Crippen molar-refractivity contribution in [2.45, 2.75) is 45.7 Å². The molecular weight excluding hydrogens is 394 g/mol. The van der Waals surface area contributed by atoms with Crippen molar-refractivity contribution in [2.24, 2.45) is 0 Å². The number of aromatic amines is 1. The standard InChI is InChI=1S/C24H25N3O4/c1-4-8-20(23(29)30)27-22(28)16-10-5-6-12-19(16)26(24(27)31)15(3)17-13-25-18-11-7-9-14(2)21(17)18/h5-7,9-13,15,20,25H,4,8H2,1-3H3,(H,29,30)/t15?,20-/m0/s1. The van der Waals surface area contributed by atoms with E-state index < -0.39 is 29.3 Å². The lowest BCUT2D eigenvalue weighted by molar-refractivity contribution is -0.141. The van der Waals surface area contributed by atoms with Crippen LogP contribution in [0.5, 0.6) is 0 Å². The molecule has 0 amide bonds. The maximum absolute atomic E-state index is 13.6. The second-order valence-electron chi connectivity index (χ2n) is 7.91. The molecule has 0 spiro atoms. The van der Waals surface area contributed by atoms with E-state index in [1.165, 1.54) is 4.57 Å². The molecule has 0 radical (unpaired) electrons. The van der Waals surface area contributed by atoms with Gasteiger partial charge in [0.15, 0.2) is 0 Å². The largest absolute Gasteiger partial charge is 0.480 e. The van der Waals surface area contributed by atoms with Gasteiger partial charge in [-0.15, -0.1) is 0 Å². The van der Waals surface area contributed by atoms with Crippen LogP contribution in [0.25, 0.3) is 21.8 Å². The highest BCUT2D eigenvalue weighted by Crippen LogP contribution is 2.30. The van der Waals surface area contributed by atoms with E-state index in [4.69, 9.17) is 0 Å². The summed E-state index contributed by atoms with van der Waals surface area (Å²) >= 11 is 0. The molecule has 0 aliphatic carbocycles. The predicted octanol–water partition coefficient (Wildman–Crippen LogP) is 3.99. The van der Waals surface area contributed by atoms with E-state index >= 15 is 0 Å². The number of hydrogen-bond donors (Lipinski definition) is 2. The van der Waals surface area contributed by atoms with E-state index in [0.717, 1.165) is 26.6 Å². The molecule has 7 heteroatoms. The molecule has 1 unspecified atom stereocenters. The van der Waals surface area contributed by atoms with E-state index in [1.54, 1.807) is 24.3 Å². The zero-order valence-electron chi connectivity index (χ0n) is 17.8. The monoisotopic (exact) mass is 419 g/mol. The zero-order chi connectivity index (χ0) is 22.3. The average Bonchev–Trinajstić information content (AvgIpc) is 3.18. The topological polar surface area (TPSA) is 97.1 Å². The van der Waals surface area contributed by atoms with Gasteiger partial charge in [-0.3, -0.25) is 9.36 Å². The average molecular weight is 419 g/mol. The second-order valence-corrected chi connectivity index (χ2v) is 7.91. The maximum Gasteiger partial charge on any atom is 0.332 e. The van der Waals surface area contributed by atoms with Crippen LogP contribution in [0, 0.1) is 6.92 Å². The molecule has 0 aliphatic heterocycles. The van der Waals surface area contributed by atoms with Crippen LogP contribution in [0.1, 0.15) is 49.9 Å². The number of rotatable bonds is 6. The number of H-pyrrole nitrogens is 1. The Morgan fingerprint density at radius 3 is 2.55 bits per heavy atom. The summed E-state index contributed by atoms with van der Waals surface area (Å²) in [6.07, 6.45) is 2.61. The number of nitrogens with one attached hydrogen (secondary N) is 1. The molecule has 4 aromatic rings. The number of carbonyl (C=O) groups is 1. The molecular formula is C24H25N3O4. The van der Waals surface area contributed by atoms with Gasteiger partial charge in [-0.1, -0.05) is 37.6 Å². The summed E-state index contributed by atoms with van der Waals surface area (Å²) in [5.41, 5.74) is 2.25. The summed E-state index contributed by atoms with van der Waals surface area (Å²) in [6.45, 7) is 5.74. The number of hydrogen-bond acceptors (Lipinski definition) is 3. The van der Waals surface area contributed by atoms with Gasteiger partial charge in [0.25, 0.3) is 5.56 Å². The van der Waals surface area contributed by atoms with Gasteiger partial charge < -0.3 is 10.1 Å². The van der Waals surface area contributed by atoms with Crippen molar-refractivity contribution in [2.75, 3.05) is 0 Å². The van der Waals surface area contributed by atoms with Gasteiger partial charge in [-0.25, -0.2) is 14.2 Å². The minimum Gasteiger partial charge on any atom is -0.480 e. The molecule has 2 atom stereocenters. The summed E-state index contributed by atoms with van der Waals surface area (Å²) in [6, 6.07) is 11.2. The molecule has 0 saturated heterocycles. The van der Waals surface area contributed by atoms with Crippen LogP contribution < -0.4 is 11.2 Å². The molecule has 160 valence electrons. The fraction of sp³-hybridized carbons (Fsp3) is 0.292. The van der Waals surface area contributed by atoms with Gasteiger partial charge in [0.2, 0.25) is 0 Å². The van der Waals surface area contributed by atoms with Crippen molar-refractivity contribution < 1.29 is 9.90 Å². The van der Waals surface area contributed by atoms with Gasteiger partial charge in [-0.05, 0) is 44.0 Å². The van der Waals surface area contributed by atoms with Crippen LogP contribution in [0.3, 0.4) is 0 Å². The Morgan fingerprint density at radius 1 is 1.10 bits per heavy atom. The fourth-order valence-corrected chi connectivity index (χ4v) is 4.45. The van der Waals surface area contributed by atoms with Crippen LogP contribution in [0.15, 0.2) is 58.3 Å². The Labute approximate surface area is 178 Å². The molecule has 0 aliphatic rings. The SMILES string of the molecule is CCC[C@@H](C(=O)O)n1c(=O)c2ccccc2n(C(C)c2c[nH]c3cccc(C)c23)c1=O. The smallest absolute Gasteiger partial charge is 0.332 e. The number of aromatic nitrogens is 3. The molecule has 2 N–H and O–H groups in total. The number of nitrogens with zero attached hydrogens (tertiary/aromatic N) is 2. The first kappa shape index (κ1) is 20.7. The van der Waals surface area contributed by atoms with Gasteiger partial charge in [-0.2, -0.15) is 0 Å². The highest BCUT2D eigenvalue weighted by atomic mass is 16.4. The van der Waals surface area contributed by atoms with E-state index in [2.05, 4.69) is 4.98 Å². The first-order valence-electron chi connectivity index (χ1n) is 10.4. The van der Waals surface area contributed by atoms with Crippen LogP contribution in [0.4, 0.5) is 0 Å². The van der Waals surface area contributed by atoms with Gasteiger partial charge in [0, 0.05) is 22.7 Å². The van der Waals surface area contributed by atoms with Gasteiger partial charge >= 0.3 is 11.7 Å². The highest BCUT2D eigenvalue weighted by Gasteiger charge is 2.27. The van der Waals surface area contributed by atoms with Crippen molar-refractivity contribution >= 4 is 27.8 Å². The Balaban J connectivity index is 2.07. The summed E-state index contributed by atoms with van der Waals surface area (Å²) in [4.78, 5) is 42.0.